The summed E-state index contributed by atoms with van der Waals surface area (Å²) in [4.78, 5) is 28.3. The summed E-state index contributed by atoms with van der Waals surface area (Å²) in [6, 6.07) is 5.83. The van der Waals surface area contributed by atoms with Crippen molar-refractivity contribution >= 4 is 17.2 Å². The molecule has 1 atom stereocenters. The number of likely N-dealkylation sites (tertiary alicyclic amines) is 1. The Balaban J connectivity index is 1.46. The fourth-order valence-corrected chi connectivity index (χ4v) is 4.18. The molecule has 1 aliphatic heterocycles. The molecule has 1 amide bonds. The van der Waals surface area contributed by atoms with Crippen molar-refractivity contribution in [2.24, 2.45) is 0 Å². The van der Waals surface area contributed by atoms with Crippen LogP contribution in [0.4, 0.5) is 0 Å². The van der Waals surface area contributed by atoms with Gasteiger partial charge in [0.1, 0.15) is 11.0 Å². The third kappa shape index (κ3) is 3.84. The molecule has 0 spiro atoms. The van der Waals surface area contributed by atoms with Gasteiger partial charge in [0.15, 0.2) is 5.13 Å². The molecule has 1 saturated heterocycles. The highest BCUT2D eigenvalue weighted by Crippen LogP contribution is 2.25. The Morgan fingerprint density at radius 2 is 2.11 bits per heavy atom. The van der Waals surface area contributed by atoms with E-state index >= 15 is 0 Å². The lowest BCUT2D eigenvalue weighted by Gasteiger charge is -2.32. The maximum absolute atomic E-state index is 13.1. The summed E-state index contributed by atoms with van der Waals surface area (Å²) in [5, 5.41) is 0.795. The largest absolute Gasteiger partial charge is 0.472 e. The molecule has 0 aromatic carbocycles. The van der Waals surface area contributed by atoms with E-state index in [0.717, 1.165) is 23.7 Å². The molecule has 9 heteroatoms. The second-order valence-electron chi connectivity index (χ2n) is 6.52. The molecule has 8 nitrogen and oxygen atoms in total. The number of hydrogen-bond acceptors (Lipinski definition) is 7. The molecule has 1 aliphatic rings. The predicted molar refractivity (Wildman–Crippen MR) is 104 cm³/mol. The van der Waals surface area contributed by atoms with Crippen LogP contribution in [0.3, 0.4) is 0 Å². The number of amides is 1. The Hall–Kier alpha value is -2.94. The molecule has 0 aliphatic carbocycles. The second kappa shape index (κ2) is 7.97. The standard InChI is InChI=1S/C19H21N5O3S/c1-13-16(28-19(21-13)23-9-3-4-10-23)17(25)24-11-5-6-14(12-24)27-15-7-8-20-18(22-15)26-2/h3-4,7-10,14H,5-6,11-12H2,1-2H3. The smallest absolute Gasteiger partial charge is 0.319 e. The molecule has 0 bridgehead atoms. The van der Waals surface area contributed by atoms with Crippen molar-refractivity contribution in [3.8, 4) is 17.0 Å². The lowest BCUT2D eigenvalue weighted by molar-refractivity contribution is 0.0529. The van der Waals surface area contributed by atoms with Gasteiger partial charge in [-0.1, -0.05) is 11.3 Å². The molecule has 0 saturated carbocycles. The van der Waals surface area contributed by atoms with Gasteiger partial charge in [0.05, 0.1) is 19.3 Å². The number of carbonyl (C=O) groups is 1. The van der Waals surface area contributed by atoms with Crippen molar-refractivity contribution < 1.29 is 14.3 Å². The summed E-state index contributed by atoms with van der Waals surface area (Å²) in [6.45, 7) is 3.10. The van der Waals surface area contributed by atoms with Crippen LogP contribution < -0.4 is 9.47 Å². The molecule has 146 valence electrons. The van der Waals surface area contributed by atoms with Crippen LogP contribution in [0.15, 0.2) is 36.8 Å². The molecule has 28 heavy (non-hydrogen) atoms. The van der Waals surface area contributed by atoms with E-state index in [-0.39, 0.29) is 18.0 Å². The van der Waals surface area contributed by atoms with Crippen LogP contribution >= 0.6 is 11.3 Å². The summed E-state index contributed by atoms with van der Waals surface area (Å²) < 4.78 is 12.9. The topological polar surface area (TPSA) is 82.4 Å². The van der Waals surface area contributed by atoms with Crippen LogP contribution in [-0.4, -0.2) is 56.6 Å². The van der Waals surface area contributed by atoms with Gasteiger partial charge in [0, 0.05) is 31.2 Å². The maximum Gasteiger partial charge on any atom is 0.319 e. The zero-order chi connectivity index (χ0) is 19.5. The van der Waals surface area contributed by atoms with Gasteiger partial charge in [-0.15, -0.1) is 0 Å². The van der Waals surface area contributed by atoms with E-state index in [2.05, 4.69) is 15.0 Å². The molecule has 3 aromatic heterocycles. The van der Waals surface area contributed by atoms with Crippen LogP contribution in [0.1, 0.15) is 28.2 Å². The quantitative estimate of drug-likeness (QED) is 0.656. The highest BCUT2D eigenvalue weighted by molar-refractivity contribution is 7.16. The molecule has 4 rings (SSSR count). The van der Waals surface area contributed by atoms with E-state index in [1.54, 1.807) is 12.3 Å². The SMILES string of the molecule is COc1nccc(OC2CCCN(C(=O)c3sc(-n4cccc4)nc3C)C2)n1. The summed E-state index contributed by atoms with van der Waals surface area (Å²) in [5.41, 5.74) is 0.752. The number of thiazole rings is 1. The van der Waals surface area contributed by atoms with E-state index in [4.69, 9.17) is 9.47 Å². The van der Waals surface area contributed by atoms with Gasteiger partial charge in [0.25, 0.3) is 5.91 Å². The minimum absolute atomic E-state index is 0.00183. The van der Waals surface area contributed by atoms with E-state index < -0.39 is 0 Å². The first kappa shape index (κ1) is 18.4. The van der Waals surface area contributed by atoms with Crippen LogP contribution in [0.25, 0.3) is 5.13 Å². The molecule has 3 aromatic rings. The fraction of sp³-hybridized carbons (Fsp3) is 0.368. The Morgan fingerprint density at radius 1 is 1.29 bits per heavy atom. The number of aromatic nitrogens is 4. The summed E-state index contributed by atoms with van der Waals surface area (Å²) >= 11 is 1.41. The van der Waals surface area contributed by atoms with Gasteiger partial charge >= 0.3 is 6.01 Å². The van der Waals surface area contributed by atoms with Crippen LogP contribution in [0.2, 0.25) is 0 Å². The number of carbonyl (C=O) groups excluding carboxylic acids is 1. The van der Waals surface area contributed by atoms with Crippen molar-refractivity contribution in [3.05, 3.63) is 47.4 Å². The first-order valence-corrected chi connectivity index (χ1v) is 9.89. The molecule has 4 heterocycles. The Bertz CT molecular complexity index is 956. The Morgan fingerprint density at radius 3 is 2.89 bits per heavy atom. The lowest BCUT2D eigenvalue weighted by atomic mass is 10.1. The molecular weight excluding hydrogens is 378 g/mol. The van der Waals surface area contributed by atoms with Crippen LogP contribution in [-0.2, 0) is 0 Å². The van der Waals surface area contributed by atoms with E-state index in [0.29, 0.717) is 23.8 Å². The second-order valence-corrected chi connectivity index (χ2v) is 7.49. The minimum atomic E-state index is -0.116. The zero-order valence-electron chi connectivity index (χ0n) is 15.7. The molecular formula is C19H21N5O3S. The van der Waals surface area contributed by atoms with Crippen LogP contribution in [0.5, 0.6) is 11.9 Å². The normalized spacial score (nSPS) is 16.8. The highest BCUT2D eigenvalue weighted by Gasteiger charge is 2.28. The van der Waals surface area contributed by atoms with E-state index in [1.165, 1.54) is 18.4 Å². The van der Waals surface area contributed by atoms with E-state index in [9.17, 15) is 4.79 Å². The summed E-state index contributed by atoms with van der Waals surface area (Å²) in [7, 11) is 1.51. The first-order valence-electron chi connectivity index (χ1n) is 9.08. The monoisotopic (exact) mass is 399 g/mol. The lowest BCUT2D eigenvalue weighted by Crippen LogP contribution is -2.44. The first-order chi connectivity index (χ1) is 13.6. The summed E-state index contributed by atoms with van der Waals surface area (Å²) in [5.74, 6) is 0.456. The average molecular weight is 399 g/mol. The van der Waals surface area contributed by atoms with Gasteiger partial charge in [-0.2, -0.15) is 4.98 Å². The number of piperidine rings is 1. The molecule has 1 fully saturated rings. The third-order valence-electron chi connectivity index (χ3n) is 4.55. The van der Waals surface area contributed by atoms with Gasteiger partial charge in [-0.3, -0.25) is 4.79 Å². The van der Waals surface area contributed by atoms with E-state index in [1.807, 2.05) is 40.9 Å². The number of hydrogen-bond donors (Lipinski definition) is 0. The number of nitrogens with zero attached hydrogens (tertiary/aromatic N) is 5. The van der Waals surface area contributed by atoms with Gasteiger partial charge in [-0.25, -0.2) is 9.97 Å². The Labute approximate surface area is 166 Å². The third-order valence-corrected chi connectivity index (χ3v) is 5.71. The van der Waals surface area contributed by atoms with Gasteiger partial charge < -0.3 is 18.9 Å². The van der Waals surface area contributed by atoms with Gasteiger partial charge in [-0.05, 0) is 31.9 Å². The zero-order valence-corrected chi connectivity index (χ0v) is 16.6. The number of aryl methyl sites for hydroxylation is 1. The molecule has 0 N–H and O–H groups in total. The number of rotatable bonds is 5. The molecule has 1 unspecified atom stereocenters. The molecule has 0 radical (unpaired) electrons. The highest BCUT2D eigenvalue weighted by atomic mass is 32.1. The number of methoxy groups -OCH3 is 1. The van der Waals surface area contributed by atoms with Crippen molar-refractivity contribution in [2.75, 3.05) is 20.2 Å². The van der Waals surface area contributed by atoms with Crippen molar-refractivity contribution in [1.29, 1.82) is 0 Å². The predicted octanol–water partition coefficient (Wildman–Crippen LogP) is 2.72. The summed E-state index contributed by atoms with van der Waals surface area (Å²) in [6.07, 6.45) is 7.07. The average Bonchev–Trinajstić information content (AvgIpc) is 3.37. The van der Waals surface area contributed by atoms with Crippen LogP contribution in [0, 0.1) is 6.92 Å². The van der Waals surface area contributed by atoms with Crippen molar-refractivity contribution in [3.63, 3.8) is 0 Å². The van der Waals surface area contributed by atoms with Gasteiger partial charge in [0.2, 0.25) is 5.88 Å². The van der Waals surface area contributed by atoms with Crippen molar-refractivity contribution in [1.82, 2.24) is 24.4 Å². The Kier molecular flexibility index (Phi) is 5.25. The van der Waals surface area contributed by atoms with Crippen molar-refractivity contribution in [2.45, 2.75) is 25.9 Å². The fourth-order valence-electron chi connectivity index (χ4n) is 3.18. The number of ether oxygens (including phenoxy) is 2. The maximum atomic E-state index is 13.1. The minimum Gasteiger partial charge on any atom is -0.472 e.